The monoisotopic (exact) mass is 303 g/mol. The predicted octanol–water partition coefficient (Wildman–Crippen LogP) is 1.61. The van der Waals surface area contributed by atoms with Crippen molar-refractivity contribution in [3.63, 3.8) is 0 Å². The maximum Gasteiger partial charge on any atom is 0.227 e. The third-order valence-corrected chi connectivity index (χ3v) is 4.03. The number of H-pyrrole nitrogens is 1. The highest BCUT2D eigenvalue weighted by atomic mass is 16.5. The molecule has 1 atom stereocenters. The van der Waals surface area contributed by atoms with Crippen molar-refractivity contribution >= 4 is 5.91 Å². The Morgan fingerprint density at radius 2 is 2.41 bits per heavy atom. The number of imidazole rings is 1. The lowest BCUT2D eigenvalue weighted by Gasteiger charge is -2.15. The van der Waals surface area contributed by atoms with Crippen LogP contribution in [0.15, 0.2) is 10.7 Å². The van der Waals surface area contributed by atoms with Gasteiger partial charge in [0, 0.05) is 50.2 Å². The summed E-state index contributed by atoms with van der Waals surface area (Å²) in [5.74, 6) is 2.67. The van der Waals surface area contributed by atoms with Crippen molar-refractivity contribution in [1.82, 2.24) is 25.0 Å². The first kappa shape index (κ1) is 14.7. The van der Waals surface area contributed by atoms with Gasteiger partial charge in [0.05, 0.1) is 0 Å². The van der Waals surface area contributed by atoms with Gasteiger partial charge in [0.2, 0.25) is 11.8 Å². The van der Waals surface area contributed by atoms with Crippen molar-refractivity contribution < 1.29 is 9.32 Å². The number of carbonyl (C=O) groups is 1. The van der Waals surface area contributed by atoms with E-state index in [1.165, 1.54) is 0 Å². The molecule has 1 fully saturated rings. The third kappa shape index (κ3) is 3.18. The van der Waals surface area contributed by atoms with E-state index in [2.05, 4.69) is 20.1 Å². The summed E-state index contributed by atoms with van der Waals surface area (Å²) in [5, 5.41) is 3.84. The van der Waals surface area contributed by atoms with Gasteiger partial charge in [0.1, 0.15) is 5.82 Å². The molecular formula is C15H21N5O2. The Kier molecular flexibility index (Phi) is 4.22. The molecule has 0 radical (unpaired) electrons. The van der Waals surface area contributed by atoms with E-state index in [9.17, 15) is 4.79 Å². The average Bonchev–Trinajstić information content (AvgIpc) is 3.24. The second-order valence-electron chi connectivity index (χ2n) is 5.73. The number of nitrogens with zero attached hydrogens (tertiary/aromatic N) is 4. The number of rotatable bonds is 5. The summed E-state index contributed by atoms with van der Waals surface area (Å²) in [6, 6.07) is 0. The lowest BCUT2D eigenvalue weighted by molar-refractivity contribution is -0.130. The van der Waals surface area contributed by atoms with E-state index in [0.717, 1.165) is 37.4 Å². The molecule has 0 spiro atoms. The zero-order valence-corrected chi connectivity index (χ0v) is 13.0. The van der Waals surface area contributed by atoms with Gasteiger partial charge in [0.15, 0.2) is 5.82 Å². The molecular weight excluding hydrogens is 282 g/mol. The maximum atomic E-state index is 12.3. The molecule has 0 unspecified atom stereocenters. The van der Waals surface area contributed by atoms with Crippen LogP contribution in [0.1, 0.15) is 48.9 Å². The van der Waals surface area contributed by atoms with Crippen molar-refractivity contribution in [2.24, 2.45) is 0 Å². The van der Waals surface area contributed by atoms with Gasteiger partial charge in [-0.2, -0.15) is 4.98 Å². The van der Waals surface area contributed by atoms with Crippen molar-refractivity contribution in [3.8, 4) is 0 Å². The molecule has 1 aliphatic rings. The van der Waals surface area contributed by atoms with Crippen LogP contribution in [0.3, 0.4) is 0 Å². The highest BCUT2D eigenvalue weighted by Crippen LogP contribution is 2.25. The summed E-state index contributed by atoms with van der Waals surface area (Å²) in [6.07, 6.45) is 4.45. The lowest BCUT2D eigenvalue weighted by Crippen LogP contribution is -2.28. The molecule has 2 aromatic heterocycles. The molecule has 1 N–H and O–H groups in total. The van der Waals surface area contributed by atoms with Crippen LogP contribution < -0.4 is 0 Å². The molecule has 3 rings (SSSR count). The molecule has 1 saturated heterocycles. The number of nitrogens with one attached hydrogen (secondary N) is 1. The van der Waals surface area contributed by atoms with Crippen molar-refractivity contribution in [1.29, 1.82) is 0 Å². The minimum atomic E-state index is 0.141. The first-order chi connectivity index (χ1) is 10.7. The number of aromatic amines is 1. The van der Waals surface area contributed by atoms with Crippen LogP contribution in [-0.2, 0) is 17.6 Å². The molecule has 7 nitrogen and oxygen atoms in total. The Morgan fingerprint density at radius 3 is 3.09 bits per heavy atom. The second-order valence-corrected chi connectivity index (χ2v) is 5.73. The summed E-state index contributed by atoms with van der Waals surface area (Å²) in [5.41, 5.74) is 1.06. The number of aromatic nitrogens is 4. The zero-order valence-electron chi connectivity index (χ0n) is 13.0. The SMILES string of the molecule is CCc1noc(CCC(=O)N2CC[C@H](c3ncc(C)[nH]3)C2)n1. The molecule has 118 valence electrons. The van der Waals surface area contributed by atoms with Gasteiger partial charge in [-0.25, -0.2) is 4.98 Å². The van der Waals surface area contributed by atoms with Crippen molar-refractivity contribution in [2.45, 2.75) is 45.4 Å². The molecule has 1 amide bonds. The van der Waals surface area contributed by atoms with Crippen molar-refractivity contribution in [2.75, 3.05) is 13.1 Å². The number of amides is 1. The Morgan fingerprint density at radius 1 is 1.55 bits per heavy atom. The lowest BCUT2D eigenvalue weighted by atomic mass is 10.1. The molecule has 22 heavy (non-hydrogen) atoms. The van der Waals surface area contributed by atoms with E-state index in [1.54, 1.807) is 0 Å². The topological polar surface area (TPSA) is 87.9 Å². The first-order valence-corrected chi connectivity index (χ1v) is 7.76. The van der Waals surface area contributed by atoms with Crippen LogP contribution in [0.4, 0.5) is 0 Å². The molecule has 2 aromatic rings. The second kappa shape index (κ2) is 6.29. The maximum absolute atomic E-state index is 12.3. The number of aryl methyl sites for hydroxylation is 3. The highest BCUT2D eigenvalue weighted by Gasteiger charge is 2.28. The van der Waals surface area contributed by atoms with Crippen LogP contribution in [0.25, 0.3) is 0 Å². The normalized spacial score (nSPS) is 18.1. The summed E-state index contributed by atoms with van der Waals surface area (Å²) in [4.78, 5) is 26.0. The van der Waals surface area contributed by atoms with Gasteiger partial charge in [-0.15, -0.1) is 0 Å². The minimum Gasteiger partial charge on any atom is -0.346 e. The predicted molar refractivity (Wildman–Crippen MR) is 79.3 cm³/mol. The van der Waals surface area contributed by atoms with E-state index in [1.807, 2.05) is 24.9 Å². The minimum absolute atomic E-state index is 0.141. The van der Waals surface area contributed by atoms with E-state index in [0.29, 0.717) is 30.5 Å². The van der Waals surface area contributed by atoms with Crippen LogP contribution in [-0.4, -0.2) is 44.0 Å². The van der Waals surface area contributed by atoms with Crippen LogP contribution in [0.5, 0.6) is 0 Å². The fourth-order valence-electron chi connectivity index (χ4n) is 2.76. The van der Waals surface area contributed by atoms with Gasteiger partial charge in [-0.1, -0.05) is 12.1 Å². The quantitative estimate of drug-likeness (QED) is 0.906. The average molecular weight is 303 g/mol. The number of likely N-dealkylation sites (tertiary alicyclic amines) is 1. The molecule has 0 aromatic carbocycles. The summed E-state index contributed by atoms with van der Waals surface area (Å²) in [6.45, 7) is 5.48. The van der Waals surface area contributed by atoms with Crippen LogP contribution in [0.2, 0.25) is 0 Å². The first-order valence-electron chi connectivity index (χ1n) is 7.76. The van der Waals surface area contributed by atoms with Gasteiger partial charge in [-0.3, -0.25) is 4.79 Å². The van der Waals surface area contributed by atoms with Gasteiger partial charge in [0.25, 0.3) is 0 Å². The summed E-state index contributed by atoms with van der Waals surface area (Å²) < 4.78 is 5.11. The van der Waals surface area contributed by atoms with Crippen LogP contribution in [0, 0.1) is 6.92 Å². The fourth-order valence-corrected chi connectivity index (χ4v) is 2.76. The van der Waals surface area contributed by atoms with Crippen LogP contribution >= 0.6 is 0 Å². The number of hydrogen-bond donors (Lipinski definition) is 1. The molecule has 0 aliphatic carbocycles. The number of carbonyl (C=O) groups excluding carboxylic acids is 1. The molecule has 7 heteroatoms. The molecule has 0 saturated carbocycles. The van der Waals surface area contributed by atoms with E-state index in [4.69, 9.17) is 4.52 Å². The Balaban J connectivity index is 1.51. The molecule has 1 aliphatic heterocycles. The van der Waals surface area contributed by atoms with Gasteiger partial charge < -0.3 is 14.4 Å². The van der Waals surface area contributed by atoms with E-state index < -0.39 is 0 Å². The van der Waals surface area contributed by atoms with E-state index in [-0.39, 0.29) is 5.91 Å². The largest absolute Gasteiger partial charge is 0.346 e. The Bertz CT molecular complexity index is 648. The third-order valence-electron chi connectivity index (χ3n) is 4.03. The summed E-state index contributed by atoms with van der Waals surface area (Å²) >= 11 is 0. The molecule has 0 bridgehead atoms. The number of hydrogen-bond acceptors (Lipinski definition) is 5. The van der Waals surface area contributed by atoms with Gasteiger partial charge in [-0.05, 0) is 13.3 Å². The smallest absolute Gasteiger partial charge is 0.227 e. The highest BCUT2D eigenvalue weighted by molar-refractivity contribution is 5.76. The van der Waals surface area contributed by atoms with E-state index >= 15 is 0 Å². The standard InChI is InChI=1S/C15H21N5O2/c1-3-12-18-13(22-19-12)4-5-14(21)20-7-6-11(9-20)15-16-8-10(2)17-15/h8,11H,3-7,9H2,1-2H3,(H,16,17)/t11-/m0/s1. The fraction of sp³-hybridized carbons (Fsp3) is 0.600. The van der Waals surface area contributed by atoms with Crippen molar-refractivity contribution in [3.05, 3.63) is 29.4 Å². The molecule has 3 heterocycles. The Labute approximate surface area is 129 Å². The van der Waals surface area contributed by atoms with Gasteiger partial charge >= 0.3 is 0 Å². The summed E-state index contributed by atoms with van der Waals surface area (Å²) in [7, 11) is 0. The zero-order chi connectivity index (χ0) is 15.5. The Hall–Kier alpha value is -2.18.